The second kappa shape index (κ2) is 7.37. The van der Waals surface area contributed by atoms with Gasteiger partial charge in [0.05, 0.1) is 18.4 Å². The van der Waals surface area contributed by atoms with Crippen LogP contribution in [0.3, 0.4) is 0 Å². The summed E-state index contributed by atoms with van der Waals surface area (Å²) in [5, 5.41) is 8.87. The van der Waals surface area contributed by atoms with E-state index in [2.05, 4.69) is 15.7 Å². The van der Waals surface area contributed by atoms with Crippen molar-refractivity contribution in [2.45, 2.75) is 6.54 Å². The van der Waals surface area contributed by atoms with Crippen LogP contribution in [0.1, 0.15) is 5.56 Å². The molecule has 1 aromatic heterocycles. The highest BCUT2D eigenvalue weighted by Crippen LogP contribution is 2.08. The fourth-order valence-electron chi connectivity index (χ4n) is 2.01. The Hall–Kier alpha value is -2.67. The van der Waals surface area contributed by atoms with Gasteiger partial charge < -0.3 is 5.32 Å². The first kappa shape index (κ1) is 15.7. The average Bonchev–Trinajstić information content (AvgIpc) is 2.96. The first-order valence-electron chi connectivity index (χ1n) is 6.87. The third-order valence-electron chi connectivity index (χ3n) is 3.00. The molecule has 7 heteroatoms. The molecule has 2 rings (SSSR count). The van der Waals surface area contributed by atoms with Crippen LogP contribution in [-0.2, 0) is 11.3 Å². The molecule has 0 aliphatic heterocycles. The van der Waals surface area contributed by atoms with E-state index in [0.717, 1.165) is 11.3 Å². The van der Waals surface area contributed by atoms with E-state index in [1.54, 1.807) is 10.9 Å². The van der Waals surface area contributed by atoms with Crippen LogP contribution in [0.15, 0.2) is 42.7 Å². The molecule has 2 N–H and O–H groups in total. The lowest BCUT2D eigenvalue weighted by atomic mass is 10.3. The van der Waals surface area contributed by atoms with Gasteiger partial charge in [-0.2, -0.15) is 5.10 Å². The third kappa shape index (κ3) is 4.42. The Bertz CT molecular complexity index is 638. The molecule has 0 fully saturated rings. The van der Waals surface area contributed by atoms with E-state index < -0.39 is 6.03 Å². The summed E-state index contributed by atoms with van der Waals surface area (Å²) in [6, 6.07) is 9.29. The van der Waals surface area contributed by atoms with Gasteiger partial charge in [0.15, 0.2) is 0 Å². The van der Waals surface area contributed by atoms with E-state index in [0.29, 0.717) is 6.54 Å². The minimum Gasteiger partial charge on any atom is -0.341 e. The van der Waals surface area contributed by atoms with Gasteiger partial charge in [0.25, 0.3) is 0 Å². The highest BCUT2D eigenvalue weighted by Gasteiger charge is 2.10. The fourth-order valence-corrected chi connectivity index (χ4v) is 2.01. The Morgan fingerprint density at radius 3 is 2.68 bits per heavy atom. The zero-order valence-electron chi connectivity index (χ0n) is 12.6. The number of nitrogens with zero attached hydrogens (tertiary/aromatic N) is 3. The number of aromatic nitrogens is 2. The van der Waals surface area contributed by atoms with Gasteiger partial charge in [-0.15, -0.1) is 0 Å². The summed E-state index contributed by atoms with van der Waals surface area (Å²) in [5.41, 5.74) is 1.97. The topological polar surface area (TPSA) is 79.3 Å². The van der Waals surface area contributed by atoms with Gasteiger partial charge in [-0.1, -0.05) is 18.2 Å². The Labute approximate surface area is 128 Å². The highest BCUT2D eigenvalue weighted by molar-refractivity contribution is 5.95. The zero-order valence-corrected chi connectivity index (χ0v) is 12.6. The van der Waals surface area contributed by atoms with Crippen molar-refractivity contribution < 1.29 is 9.59 Å². The van der Waals surface area contributed by atoms with Gasteiger partial charge in [0.2, 0.25) is 5.91 Å². The van der Waals surface area contributed by atoms with Gasteiger partial charge in [-0.25, -0.2) is 9.48 Å². The number of amides is 3. The number of carbonyl (C=O) groups excluding carboxylic acids is 2. The van der Waals surface area contributed by atoms with Crippen molar-refractivity contribution in [2.75, 3.05) is 20.6 Å². The number of benzene rings is 1. The van der Waals surface area contributed by atoms with E-state index in [1.807, 2.05) is 48.5 Å². The number of para-hydroxylation sites is 1. The van der Waals surface area contributed by atoms with E-state index in [4.69, 9.17) is 0 Å². The number of hydrogen-bond donors (Lipinski definition) is 2. The second-order valence-corrected chi connectivity index (χ2v) is 4.93. The molecule has 3 amide bonds. The molecule has 116 valence electrons. The molecule has 0 saturated heterocycles. The van der Waals surface area contributed by atoms with E-state index >= 15 is 0 Å². The first-order valence-corrected chi connectivity index (χ1v) is 6.87. The molecule has 22 heavy (non-hydrogen) atoms. The molecule has 0 aliphatic rings. The van der Waals surface area contributed by atoms with Gasteiger partial charge in [-0.05, 0) is 19.2 Å². The molecule has 0 spiro atoms. The first-order chi connectivity index (χ1) is 10.6. The van der Waals surface area contributed by atoms with Crippen molar-refractivity contribution >= 4 is 11.9 Å². The number of hydrogen-bond acceptors (Lipinski definition) is 4. The summed E-state index contributed by atoms with van der Waals surface area (Å²) in [5.74, 6) is -0.350. The van der Waals surface area contributed by atoms with Crippen LogP contribution in [0.5, 0.6) is 0 Å². The number of likely N-dealkylation sites (N-methyl/N-ethyl adjacent to an activating group) is 1. The van der Waals surface area contributed by atoms with Crippen LogP contribution in [-0.4, -0.2) is 47.3 Å². The fraction of sp³-hybridized carbons (Fsp3) is 0.267. The van der Waals surface area contributed by atoms with Crippen molar-refractivity contribution in [3.63, 3.8) is 0 Å². The SMILES string of the molecule is CNC(=O)NC(=O)CN(C)Cc1cnn(-c2ccccc2)c1. The Kier molecular flexibility index (Phi) is 5.26. The van der Waals surface area contributed by atoms with E-state index in [1.165, 1.54) is 7.05 Å². The maximum atomic E-state index is 11.6. The molecule has 0 bridgehead atoms. The molecular weight excluding hydrogens is 282 g/mol. The number of carbonyl (C=O) groups is 2. The smallest absolute Gasteiger partial charge is 0.321 e. The maximum Gasteiger partial charge on any atom is 0.321 e. The van der Waals surface area contributed by atoms with Crippen LogP contribution >= 0.6 is 0 Å². The summed E-state index contributed by atoms with van der Waals surface area (Å²) in [6.07, 6.45) is 3.68. The minimum absolute atomic E-state index is 0.129. The van der Waals surface area contributed by atoms with E-state index in [-0.39, 0.29) is 12.5 Å². The normalized spacial score (nSPS) is 10.5. The lowest BCUT2D eigenvalue weighted by Gasteiger charge is -2.14. The maximum absolute atomic E-state index is 11.6. The molecule has 0 unspecified atom stereocenters. The summed E-state index contributed by atoms with van der Waals surface area (Å²) < 4.78 is 1.79. The van der Waals surface area contributed by atoms with Crippen molar-refractivity contribution in [2.24, 2.45) is 0 Å². The van der Waals surface area contributed by atoms with Crippen molar-refractivity contribution in [3.8, 4) is 5.69 Å². The Balaban J connectivity index is 1.90. The number of urea groups is 1. The Morgan fingerprint density at radius 1 is 1.27 bits per heavy atom. The predicted molar refractivity (Wildman–Crippen MR) is 82.5 cm³/mol. The highest BCUT2D eigenvalue weighted by atomic mass is 16.2. The van der Waals surface area contributed by atoms with Crippen LogP contribution < -0.4 is 10.6 Å². The molecule has 2 aromatic rings. The lowest BCUT2D eigenvalue weighted by molar-refractivity contribution is -0.120. The summed E-state index contributed by atoms with van der Waals surface area (Å²) in [7, 11) is 3.27. The van der Waals surface area contributed by atoms with Crippen LogP contribution in [0.2, 0.25) is 0 Å². The number of nitrogens with one attached hydrogen (secondary N) is 2. The summed E-state index contributed by atoms with van der Waals surface area (Å²) >= 11 is 0. The number of rotatable bonds is 5. The monoisotopic (exact) mass is 301 g/mol. The zero-order chi connectivity index (χ0) is 15.9. The van der Waals surface area contributed by atoms with Gasteiger partial charge in [0, 0.05) is 25.4 Å². The molecule has 7 nitrogen and oxygen atoms in total. The summed E-state index contributed by atoms with van der Waals surface area (Å²) in [4.78, 5) is 24.5. The van der Waals surface area contributed by atoms with Crippen molar-refractivity contribution in [1.82, 2.24) is 25.3 Å². The summed E-state index contributed by atoms with van der Waals surface area (Å²) in [6.45, 7) is 0.692. The predicted octanol–water partition coefficient (Wildman–Crippen LogP) is 0.760. The van der Waals surface area contributed by atoms with Crippen LogP contribution in [0, 0.1) is 0 Å². The molecular formula is C15H19N5O2. The molecule has 0 radical (unpaired) electrons. The van der Waals surface area contributed by atoms with Crippen molar-refractivity contribution in [1.29, 1.82) is 0 Å². The van der Waals surface area contributed by atoms with E-state index in [9.17, 15) is 9.59 Å². The molecule has 1 heterocycles. The Morgan fingerprint density at radius 2 is 2.00 bits per heavy atom. The second-order valence-electron chi connectivity index (χ2n) is 4.93. The standard InChI is InChI=1S/C15H19N5O2/c1-16-15(22)18-14(21)11-19(2)9-12-8-17-20(10-12)13-6-4-3-5-7-13/h3-8,10H,9,11H2,1-2H3,(H2,16,18,21,22). The van der Waals surface area contributed by atoms with Crippen LogP contribution in [0.4, 0.5) is 4.79 Å². The molecule has 1 aromatic carbocycles. The largest absolute Gasteiger partial charge is 0.341 e. The quantitative estimate of drug-likeness (QED) is 0.854. The van der Waals surface area contributed by atoms with Crippen molar-refractivity contribution in [3.05, 3.63) is 48.3 Å². The third-order valence-corrected chi connectivity index (χ3v) is 3.00. The molecule has 0 aliphatic carbocycles. The average molecular weight is 301 g/mol. The molecule has 0 saturated carbocycles. The molecule has 0 atom stereocenters. The lowest BCUT2D eigenvalue weighted by Crippen LogP contribution is -2.42. The van der Waals surface area contributed by atoms with Gasteiger partial charge >= 0.3 is 6.03 Å². The van der Waals surface area contributed by atoms with Gasteiger partial charge in [-0.3, -0.25) is 15.0 Å². The number of imide groups is 1. The van der Waals surface area contributed by atoms with Crippen LogP contribution in [0.25, 0.3) is 5.69 Å². The minimum atomic E-state index is -0.504. The van der Waals surface area contributed by atoms with Gasteiger partial charge in [0.1, 0.15) is 0 Å².